The van der Waals surface area contributed by atoms with E-state index in [0.717, 1.165) is 5.69 Å². The summed E-state index contributed by atoms with van der Waals surface area (Å²) in [5, 5.41) is 6.04. The molecule has 0 saturated carbocycles. The third-order valence-corrected chi connectivity index (χ3v) is 5.40. The van der Waals surface area contributed by atoms with Gasteiger partial charge in [0.25, 0.3) is 0 Å². The predicted molar refractivity (Wildman–Crippen MR) is 93.2 cm³/mol. The average Bonchev–Trinajstić information content (AvgIpc) is 2.77. The monoisotopic (exact) mass is 339 g/mol. The van der Waals surface area contributed by atoms with Gasteiger partial charge in [-0.3, -0.25) is 9.10 Å². The van der Waals surface area contributed by atoms with E-state index in [-0.39, 0.29) is 23.2 Å². The van der Waals surface area contributed by atoms with Gasteiger partial charge in [-0.1, -0.05) is 0 Å². The first-order chi connectivity index (χ1) is 10.6. The molecule has 2 N–H and O–H groups in total. The highest BCUT2D eigenvalue weighted by molar-refractivity contribution is 7.93. The lowest BCUT2D eigenvalue weighted by Crippen LogP contribution is -2.47. The van der Waals surface area contributed by atoms with Gasteiger partial charge in [-0.05, 0) is 58.4 Å². The molecule has 1 atom stereocenters. The molecule has 1 amide bonds. The fourth-order valence-electron chi connectivity index (χ4n) is 2.45. The average molecular weight is 339 g/mol. The van der Waals surface area contributed by atoms with Crippen molar-refractivity contribution in [1.29, 1.82) is 0 Å². The molecule has 1 aromatic rings. The summed E-state index contributed by atoms with van der Waals surface area (Å²) in [4.78, 5) is 12.1. The summed E-state index contributed by atoms with van der Waals surface area (Å²) < 4.78 is 25.2. The Bertz CT molecular complexity index is 663. The van der Waals surface area contributed by atoms with Crippen LogP contribution in [0.1, 0.15) is 34.1 Å². The van der Waals surface area contributed by atoms with E-state index in [0.29, 0.717) is 18.7 Å². The maximum atomic E-state index is 12.1. The highest BCUT2D eigenvalue weighted by Gasteiger charge is 2.28. The van der Waals surface area contributed by atoms with Crippen molar-refractivity contribution in [3.63, 3.8) is 0 Å². The minimum atomic E-state index is -3.16. The Morgan fingerprint density at radius 3 is 2.30 bits per heavy atom. The Balaban J connectivity index is 2.02. The molecular formula is C16H25N3O3S. The third kappa shape index (κ3) is 4.60. The van der Waals surface area contributed by atoms with E-state index < -0.39 is 10.0 Å². The van der Waals surface area contributed by atoms with E-state index in [9.17, 15) is 13.2 Å². The van der Waals surface area contributed by atoms with Crippen molar-refractivity contribution in [3.8, 4) is 0 Å². The number of hydrogen-bond donors (Lipinski definition) is 2. The number of sulfonamides is 1. The van der Waals surface area contributed by atoms with E-state index in [1.165, 1.54) is 4.31 Å². The lowest BCUT2D eigenvalue weighted by atomic mass is 10.1. The molecular weight excluding hydrogens is 314 g/mol. The number of anilines is 2. The number of rotatable bonds is 4. The molecule has 0 unspecified atom stereocenters. The van der Waals surface area contributed by atoms with Crippen LogP contribution in [0.3, 0.4) is 0 Å². The SMILES string of the molecule is C[C@H](Nc1ccc(N2CCCS2(=O)=O)cc1)C(=O)NC(C)(C)C. The molecule has 1 aliphatic rings. The molecule has 0 radical (unpaired) electrons. The molecule has 0 bridgehead atoms. The van der Waals surface area contributed by atoms with Gasteiger partial charge in [0.15, 0.2) is 0 Å². The van der Waals surface area contributed by atoms with Crippen LogP contribution in [-0.4, -0.2) is 38.2 Å². The zero-order valence-corrected chi connectivity index (χ0v) is 14.9. The van der Waals surface area contributed by atoms with Crippen molar-refractivity contribution in [2.24, 2.45) is 0 Å². The Hall–Kier alpha value is -1.76. The van der Waals surface area contributed by atoms with Gasteiger partial charge in [0.2, 0.25) is 15.9 Å². The van der Waals surface area contributed by atoms with Crippen molar-refractivity contribution in [3.05, 3.63) is 24.3 Å². The predicted octanol–water partition coefficient (Wildman–Crippen LogP) is 1.94. The zero-order valence-electron chi connectivity index (χ0n) is 14.1. The summed E-state index contributed by atoms with van der Waals surface area (Å²) in [7, 11) is -3.16. The van der Waals surface area contributed by atoms with Crippen LogP contribution < -0.4 is 14.9 Å². The standard InChI is InChI=1S/C16H25N3O3S/c1-12(15(20)18-16(2,3)4)17-13-6-8-14(9-7-13)19-10-5-11-23(19,21)22/h6-9,12,17H,5,10-11H2,1-4H3,(H,18,20)/t12-/m0/s1. The van der Waals surface area contributed by atoms with Crippen LogP contribution in [0.2, 0.25) is 0 Å². The Morgan fingerprint density at radius 1 is 1.22 bits per heavy atom. The van der Waals surface area contributed by atoms with Gasteiger partial charge in [-0.2, -0.15) is 0 Å². The molecule has 1 aromatic carbocycles. The summed E-state index contributed by atoms with van der Waals surface area (Å²) in [5.74, 6) is 0.125. The Labute approximate surface area is 138 Å². The number of amides is 1. The van der Waals surface area contributed by atoms with Gasteiger partial charge >= 0.3 is 0 Å². The molecule has 2 rings (SSSR count). The Kier molecular flexibility index (Phi) is 4.89. The van der Waals surface area contributed by atoms with Crippen molar-refractivity contribution in [2.75, 3.05) is 21.9 Å². The van der Waals surface area contributed by atoms with Gasteiger partial charge in [0.1, 0.15) is 6.04 Å². The maximum Gasteiger partial charge on any atom is 0.242 e. The van der Waals surface area contributed by atoms with Gasteiger partial charge in [0, 0.05) is 17.8 Å². The highest BCUT2D eigenvalue weighted by atomic mass is 32.2. The quantitative estimate of drug-likeness (QED) is 0.879. The van der Waals surface area contributed by atoms with E-state index in [4.69, 9.17) is 0 Å². The van der Waals surface area contributed by atoms with Crippen molar-refractivity contribution < 1.29 is 13.2 Å². The summed E-state index contributed by atoms with van der Waals surface area (Å²) in [5.41, 5.74) is 1.17. The Morgan fingerprint density at radius 2 is 1.83 bits per heavy atom. The number of benzene rings is 1. The smallest absolute Gasteiger partial charge is 0.242 e. The number of carbonyl (C=O) groups is 1. The molecule has 7 heteroatoms. The molecule has 128 valence electrons. The molecule has 0 aromatic heterocycles. The second kappa shape index (κ2) is 6.39. The molecule has 1 aliphatic heterocycles. The van der Waals surface area contributed by atoms with Crippen LogP contribution in [0.5, 0.6) is 0 Å². The summed E-state index contributed by atoms with van der Waals surface area (Å²) in [6, 6.07) is 6.74. The van der Waals surface area contributed by atoms with E-state index in [1.807, 2.05) is 20.8 Å². The fraction of sp³-hybridized carbons (Fsp3) is 0.562. The minimum Gasteiger partial charge on any atom is -0.374 e. The topological polar surface area (TPSA) is 78.5 Å². The lowest BCUT2D eigenvalue weighted by Gasteiger charge is -2.24. The lowest BCUT2D eigenvalue weighted by molar-refractivity contribution is -0.122. The van der Waals surface area contributed by atoms with Crippen LogP contribution in [0, 0.1) is 0 Å². The zero-order chi connectivity index (χ0) is 17.3. The molecule has 1 heterocycles. The molecule has 1 fully saturated rings. The van der Waals surface area contributed by atoms with E-state index >= 15 is 0 Å². The van der Waals surface area contributed by atoms with Gasteiger partial charge < -0.3 is 10.6 Å². The van der Waals surface area contributed by atoms with Gasteiger partial charge in [-0.25, -0.2) is 8.42 Å². The molecule has 0 aliphatic carbocycles. The largest absolute Gasteiger partial charge is 0.374 e. The number of hydrogen-bond acceptors (Lipinski definition) is 4. The number of carbonyl (C=O) groups excluding carboxylic acids is 1. The van der Waals surface area contributed by atoms with Crippen LogP contribution >= 0.6 is 0 Å². The minimum absolute atomic E-state index is 0.0799. The first kappa shape index (κ1) is 17.6. The summed E-state index contributed by atoms with van der Waals surface area (Å²) >= 11 is 0. The summed E-state index contributed by atoms with van der Waals surface area (Å²) in [6.45, 7) is 8.12. The second-order valence-corrected chi connectivity index (χ2v) is 8.91. The fourth-order valence-corrected chi connectivity index (χ4v) is 4.01. The first-order valence-corrected chi connectivity index (χ1v) is 9.38. The number of nitrogens with one attached hydrogen (secondary N) is 2. The molecule has 0 spiro atoms. The van der Waals surface area contributed by atoms with Crippen LogP contribution in [0.25, 0.3) is 0 Å². The first-order valence-electron chi connectivity index (χ1n) is 7.77. The van der Waals surface area contributed by atoms with E-state index in [1.54, 1.807) is 31.2 Å². The van der Waals surface area contributed by atoms with Crippen molar-refractivity contribution in [2.45, 2.75) is 45.7 Å². The molecule has 6 nitrogen and oxygen atoms in total. The number of nitrogens with zero attached hydrogens (tertiary/aromatic N) is 1. The van der Waals surface area contributed by atoms with Gasteiger partial charge in [-0.15, -0.1) is 0 Å². The third-order valence-electron chi connectivity index (χ3n) is 3.53. The van der Waals surface area contributed by atoms with Crippen LogP contribution in [-0.2, 0) is 14.8 Å². The van der Waals surface area contributed by atoms with Crippen molar-refractivity contribution in [1.82, 2.24) is 5.32 Å². The van der Waals surface area contributed by atoms with Crippen LogP contribution in [0.4, 0.5) is 11.4 Å². The van der Waals surface area contributed by atoms with E-state index in [2.05, 4.69) is 10.6 Å². The van der Waals surface area contributed by atoms with Crippen molar-refractivity contribution >= 4 is 27.3 Å². The molecule has 23 heavy (non-hydrogen) atoms. The molecule has 1 saturated heterocycles. The maximum absolute atomic E-state index is 12.1. The van der Waals surface area contributed by atoms with Crippen LogP contribution in [0.15, 0.2) is 24.3 Å². The second-order valence-electron chi connectivity index (χ2n) is 6.89. The summed E-state index contributed by atoms with van der Waals surface area (Å²) in [6.07, 6.45) is 0.659. The normalized spacial score (nSPS) is 18.5. The van der Waals surface area contributed by atoms with Gasteiger partial charge in [0.05, 0.1) is 11.4 Å². The highest BCUT2D eigenvalue weighted by Crippen LogP contribution is 2.25.